The summed E-state index contributed by atoms with van der Waals surface area (Å²) in [5, 5.41) is 9.55. The van der Waals surface area contributed by atoms with Crippen LogP contribution in [-0.2, 0) is 0 Å². The maximum Gasteiger partial charge on any atom is 0.315 e. The van der Waals surface area contributed by atoms with Gasteiger partial charge in [0.1, 0.15) is 0 Å². The zero-order chi connectivity index (χ0) is 11.8. The van der Waals surface area contributed by atoms with Crippen molar-refractivity contribution in [2.24, 2.45) is 5.92 Å². The van der Waals surface area contributed by atoms with E-state index in [0.717, 1.165) is 25.3 Å². The quantitative estimate of drug-likeness (QED) is 0.676. The van der Waals surface area contributed by atoms with Crippen LogP contribution in [0, 0.1) is 5.92 Å². The van der Waals surface area contributed by atoms with Gasteiger partial charge in [0.25, 0.3) is 0 Å². The van der Waals surface area contributed by atoms with E-state index in [1.807, 2.05) is 13.8 Å². The van der Waals surface area contributed by atoms with Gasteiger partial charge in [0.15, 0.2) is 0 Å². The largest absolute Gasteiger partial charge is 0.334 e. The molecule has 1 aliphatic heterocycles. The van der Waals surface area contributed by atoms with Gasteiger partial charge in [-0.05, 0) is 45.6 Å². The summed E-state index contributed by atoms with van der Waals surface area (Å²) in [7, 11) is 0. The molecule has 1 aliphatic carbocycles. The maximum absolute atomic E-state index is 11.8. The normalized spacial score (nSPS) is 32.8. The van der Waals surface area contributed by atoms with Gasteiger partial charge in [-0.1, -0.05) is 6.92 Å². The van der Waals surface area contributed by atoms with E-state index in [1.54, 1.807) is 0 Å². The van der Waals surface area contributed by atoms with Crippen LogP contribution < -0.4 is 16.0 Å². The average molecular weight is 225 g/mol. The molecule has 3 atom stereocenters. The van der Waals surface area contributed by atoms with E-state index in [2.05, 4.69) is 22.9 Å². The highest BCUT2D eigenvalue weighted by Crippen LogP contribution is 2.30. The van der Waals surface area contributed by atoms with E-state index < -0.39 is 0 Å². The second-order valence-electron chi connectivity index (χ2n) is 5.79. The molecule has 3 unspecified atom stereocenters. The number of carbonyl (C=O) groups excluding carboxylic acids is 1. The van der Waals surface area contributed by atoms with Crippen LogP contribution in [0.5, 0.6) is 0 Å². The Kier molecular flexibility index (Phi) is 3.10. The van der Waals surface area contributed by atoms with Gasteiger partial charge in [-0.25, -0.2) is 4.79 Å². The van der Waals surface area contributed by atoms with E-state index in [9.17, 15) is 4.79 Å². The van der Waals surface area contributed by atoms with Crippen LogP contribution in [-0.4, -0.2) is 30.2 Å². The van der Waals surface area contributed by atoms with Crippen molar-refractivity contribution in [3.8, 4) is 0 Å². The fraction of sp³-hybridized carbons (Fsp3) is 0.917. The lowest BCUT2D eigenvalue weighted by molar-refractivity contribution is 0.221. The Labute approximate surface area is 97.6 Å². The van der Waals surface area contributed by atoms with Crippen molar-refractivity contribution in [2.75, 3.05) is 6.54 Å². The van der Waals surface area contributed by atoms with Crippen molar-refractivity contribution in [1.82, 2.24) is 16.0 Å². The molecule has 4 nitrogen and oxygen atoms in total. The fourth-order valence-corrected chi connectivity index (χ4v) is 2.61. The van der Waals surface area contributed by atoms with Crippen LogP contribution in [0.15, 0.2) is 0 Å². The predicted octanol–water partition coefficient (Wildman–Crippen LogP) is 1.22. The molecule has 2 rings (SSSR count). The molecule has 1 saturated carbocycles. The second kappa shape index (κ2) is 4.24. The van der Waals surface area contributed by atoms with E-state index in [1.165, 1.54) is 6.42 Å². The standard InChI is InChI=1S/C12H23N3O/c1-4-12(2,3)15-11(16)14-10-6-8-5-9(10)13-7-8/h8-10,13H,4-7H2,1-3H3,(H2,14,15,16). The number of nitrogens with one attached hydrogen (secondary N) is 3. The summed E-state index contributed by atoms with van der Waals surface area (Å²) in [5.41, 5.74) is -0.116. The molecule has 0 aromatic rings. The Balaban J connectivity index is 1.80. The van der Waals surface area contributed by atoms with Crippen molar-refractivity contribution in [1.29, 1.82) is 0 Å². The zero-order valence-corrected chi connectivity index (χ0v) is 10.5. The Morgan fingerprint density at radius 2 is 2.19 bits per heavy atom. The first kappa shape index (κ1) is 11.7. The lowest BCUT2D eigenvalue weighted by atomic mass is 10.0. The highest BCUT2D eigenvalue weighted by Gasteiger charge is 2.40. The summed E-state index contributed by atoms with van der Waals surface area (Å²) >= 11 is 0. The number of hydrogen-bond donors (Lipinski definition) is 3. The van der Waals surface area contributed by atoms with Gasteiger partial charge in [-0.2, -0.15) is 0 Å². The van der Waals surface area contributed by atoms with Crippen molar-refractivity contribution in [3.63, 3.8) is 0 Å². The predicted molar refractivity (Wildman–Crippen MR) is 64.3 cm³/mol. The first-order valence-electron chi connectivity index (χ1n) is 6.32. The second-order valence-corrected chi connectivity index (χ2v) is 5.79. The highest BCUT2D eigenvalue weighted by atomic mass is 16.2. The van der Waals surface area contributed by atoms with E-state index >= 15 is 0 Å². The van der Waals surface area contributed by atoms with Gasteiger partial charge >= 0.3 is 6.03 Å². The number of piperidine rings is 1. The van der Waals surface area contributed by atoms with Crippen LogP contribution >= 0.6 is 0 Å². The lowest BCUT2D eigenvalue weighted by Gasteiger charge is -2.28. The monoisotopic (exact) mass is 225 g/mol. The molecule has 1 heterocycles. The minimum atomic E-state index is -0.116. The molecule has 0 spiro atoms. The summed E-state index contributed by atoms with van der Waals surface area (Å²) < 4.78 is 0. The van der Waals surface area contributed by atoms with E-state index in [-0.39, 0.29) is 11.6 Å². The topological polar surface area (TPSA) is 53.2 Å². The molecule has 0 radical (unpaired) electrons. The number of fused-ring (bicyclic) bond motifs is 2. The summed E-state index contributed by atoms with van der Waals surface area (Å²) in [6.45, 7) is 7.31. The van der Waals surface area contributed by atoms with Crippen molar-refractivity contribution >= 4 is 6.03 Å². The SMILES string of the molecule is CCC(C)(C)NC(=O)NC1CC2CNC1C2. The average Bonchev–Trinajstić information content (AvgIpc) is 2.78. The van der Waals surface area contributed by atoms with Crippen LogP contribution in [0.4, 0.5) is 4.79 Å². The Hall–Kier alpha value is -0.770. The number of hydrogen-bond acceptors (Lipinski definition) is 2. The summed E-state index contributed by atoms with van der Waals surface area (Å²) in [5.74, 6) is 0.773. The van der Waals surface area contributed by atoms with Gasteiger partial charge < -0.3 is 16.0 Å². The molecule has 0 aromatic carbocycles. The van der Waals surface area contributed by atoms with Crippen molar-refractivity contribution in [2.45, 2.75) is 57.7 Å². The van der Waals surface area contributed by atoms with Crippen LogP contribution in [0.1, 0.15) is 40.0 Å². The highest BCUT2D eigenvalue weighted by molar-refractivity contribution is 5.75. The van der Waals surface area contributed by atoms with Gasteiger partial charge in [0.2, 0.25) is 0 Å². The smallest absolute Gasteiger partial charge is 0.315 e. The first-order chi connectivity index (χ1) is 7.50. The van der Waals surface area contributed by atoms with Crippen LogP contribution in [0.25, 0.3) is 0 Å². The first-order valence-corrected chi connectivity index (χ1v) is 6.32. The van der Waals surface area contributed by atoms with Gasteiger partial charge in [0.05, 0.1) is 0 Å². The van der Waals surface area contributed by atoms with Crippen molar-refractivity contribution in [3.05, 3.63) is 0 Å². The van der Waals surface area contributed by atoms with E-state index in [0.29, 0.717) is 12.1 Å². The minimum absolute atomic E-state index is 0.0220. The molecule has 4 heteroatoms. The lowest BCUT2D eigenvalue weighted by Crippen LogP contribution is -2.55. The van der Waals surface area contributed by atoms with Gasteiger partial charge in [-0.15, -0.1) is 0 Å². The summed E-state index contributed by atoms with van der Waals surface area (Å²) in [4.78, 5) is 11.8. The zero-order valence-electron chi connectivity index (χ0n) is 10.5. The third-order valence-electron chi connectivity index (χ3n) is 3.98. The molecular weight excluding hydrogens is 202 g/mol. The molecular formula is C12H23N3O. The number of amides is 2. The summed E-state index contributed by atoms with van der Waals surface area (Å²) in [6, 6.07) is 0.804. The molecule has 0 aromatic heterocycles. The van der Waals surface area contributed by atoms with Crippen LogP contribution in [0.3, 0.4) is 0 Å². The molecule has 16 heavy (non-hydrogen) atoms. The Bertz CT molecular complexity index is 277. The van der Waals surface area contributed by atoms with Crippen LogP contribution in [0.2, 0.25) is 0 Å². The van der Waals surface area contributed by atoms with Gasteiger partial charge in [0, 0.05) is 17.6 Å². The van der Waals surface area contributed by atoms with E-state index in [4.69, 9.17) is 0 Å². The number of carbonyl (C=O) groups is 1. The molecule has 1 saturated heterocycles. The molecule has 3 N–H and O–H groups in total. The fourth-order valence-electron chi connectivity index (χ4n) is 2.61. The number of urea groups is 1. The molecule has 2 aliphatic rings. The van der Waals surface area contributed by atoms with Crippen molar-refractivity contribution < 1.29 is 4.79 Å². The maximum atomic E-state index is 11.8. The van der Waals surface area contributed by atoms with Gasteiger partial charge in [-0.3, -0.25) is 0 Å². The molecule has 2 fully saturated rings. The number of rotatable bonds is 3. The third-order valence-corrected chi connectivity index (χ3v) is 3.98. The molecule has 2 bridgehead atoms. The third kappa shape index (κ3) is 2.48. The minimum Gasteiger partial charge on any atom is -0.334 e. The summed E-state index contributed by atoms with van der Waals surface area (Å²) in [6.07, 6.45) is 3.30. The Morgan fingerprint density at radius 1 is 1.44 bits per heavy atom. The molecule has 2 amide bonds. The Morgan fingerprint density at radius 3 is 2.69 bits per heavy atom. The molecule has 92 valence electrons.